The van der Waals surface area contributed by atoms with Gasteiger partial charge in [0.2, 0.25) is 11.1 Å². The lowest BCUT2D eigenvalue weighted by atomic mass is 10.1. The summed E-state index contributed by atoms with van der Waals surface area (Å²) in [5, 5.41) is 10.2. The van der Waals surface area contributed by atoms with Crippen molar-refractivity contribution >= 4 is 23.4 Å². The van der Waals surface area contributed by atoms with Gasteiger partial charge >= 0.3 is 0 Å². The molecule has 1 atom stereocenters. The number of carbonyl (C=O) groups excluding carboxylic acids is 1. The minimum Gasteiger partial charge on any atom is -0.485 e. The molecule has 3 aromatic rings. The van der Waals surface area contributed by atoms with Gasteiger partial charge in [0.05, 0.1) is 5.25 Å². The SMILES string of the molecule is Cc1ccccc1OCc1nc(S[C@H](C)C(=O)Nc2c(C)cccc2C)n[nH]1. The molecule has 6 nitrogen and oxygen atoms in total. The monoisotopic (exact) mass is 396 g/mol. The number of rotatable bonds is 7. The molecule has 0 unspecified atom stereocenters. The van der Waals surface area contributed by atoms with Gasteiger partial charge in [-0.3, -0.25) is 9.89 Å². The quantitative estimate of drug-likeness (QED) is 0.578. The lowest BCUT2D eigenvalue weighted by molar-refractivity contribution is -0.115. The van der Waals surface area contributed by atoms with E-state index in [1.54, 1.807) is 0 Å². The molecule has 0 aliphatic heterocycles. The van der Waals surface area contributed by atoms with E-state index < -0.39 is 0 Å². The third-order valence-corrected chi connectivity index (χ3v) is 5.31. The highest BCUT2D eigenvalue weighted by Crippen LogP contribution is 2.24. The van der Waals surface area contributed by atoms with Crippen LogP contribution in [0.1, 0.15) is 29.4 Å². The summed E-state index contributed by atoms with van der Waals surface area (Å²) in [5.41, 5.74) is 4.01. The number of H-pyrrole nitrogens is 1. The molecule has 28 heavy (non-hydrogen) atoms. The van der Waals surface area contributed by atoms with E-state index in [-0.39, 0.29) is 11.2 Å². The van der Waals surface area contributed by atoms with Crippen molar-refractivity contribution in [2.24, 2.45) is 0 Å². The predicted octanol–water partition coefficient (Wildman–Crippen LogP) is 4.43. The molecule has 1 aromatic heterocycles. The average molecular weight is 397 g/mol. The van der Waals surface area contributed by atoms with Gasteiger partial charge in [0.1, 0.15) is 12.4 Å². The second kappa shape index (κ2) is 8.93. The maximum atomic E-state index is 12.6. The molecule has 7 heteroatoms. The largest absolute Gasteiger partial charge is 0.485 e. The van der Waals surface area contributed by atoms with E-state index >= 15 is 0 Å². The average Bonchev–Trinajstić information content (AvgIpc) is 3.11. The van der Waals surface area contributed by atoms with Crippen LogP contribution < -0.4 is 10.1 Å². The zero-order valence-electron chi connectivity index (χ0n) is 16.4. The van der Waals surface area contributed by atoms with E-state index in [1.165, 1.54) is 11.8 Å². The van der Waals surface area contributed by atoms with Crippen molar-refractivity contribution in [3.05, 3.63) is 65.0 Å². The van der Waals surface area contributed by atoms with E-state index in [2.05, 4.69) is 20.5 Å². The van der Waals surface area contributed by atoms with Crippen molar-refractivity contribution in [3.63, 3.8) is 0 Å². The van der Waals surface area contributed by atoms with Crippen molar-refractivity contribution in [2.75, 3.05) is 5.32 Å². The Bertz CT molecular complexity index is 950. The van der Waals surface area contributed by atoms with Crippen LogP contribution in [0.3, 0.4) is 0 Å². The predicted molar refractivity (Wildman–Crippen MR) is 112 cm³/mol. The third kappa shape index (κ3) is 4.92. The first-order chi connectivity index (χ1) is 13.4. The minimum atomic E-state index is -0.333. The van der Waals surface area contributed by atoms with Crippen molar-refractivity contribution in [1.29, 1.82) is 0 Å². The number of aromatic nitrogens is 3. The Morgan fingerprint density at radius 3 is 2.50 bits per heavy atom. The van der Waals surface area contributed by atoms with Crippen molar-refractivity contribution in [2.45, 2.75) is 44.7 Å². The second-order valence-electron chi connectivity index (χ2n) is 6.63. The molecule has 0 aliphatic rings. The van der Waals surface area contributed by atoms with Crippen LogP contribution >= 0.6 is 11.8 Å². The Morgan fingerprint density at radius 1 is 1.11 bits per heavy atom. The molecule has 1 amide bonds. The van der Waals surface area contributed by atoms with E-state index in [9.17, 15) is 4.79 Å². The van der Waals surface area contributed by atoms with Gasteiger partial charge in [-0.2, -0.15) is 0 Å². The zero-order chi connectivity index (χ0) is 20.1. The Balaban J connectivity index is 1.57. The number of hydrogen-bond donors (Lipinski definition) is 2. The number of ether oxygens (including phenoxy) is 1. The van der Waals surface area contributed by atoms with Gasteiger partial charge in [0.15, 0.2) is 5.82 Å². The normalized spacial score (nSPS) is 11.9. The number of nitrogens with one attached hydrogen (secondary N) is 2. The number of nitrogens with zero attached hydrogens (tertiary/aromatic N) is 2. The van der Waals surface area contributed by atoms with E-state index in [0.717, 1.165) is 28.1 Å². The molecular formula is C21H24N4O2S. The van der Waals surface area contributed by atoms with E-state index in [1.807, 2.05) is 70.2 Å². The van der Waals surface area contributed by atoms with Crippen LogP contribution in [-0.4, -0.2) is 26.3 Å². The Morgan fingerprint density at radius 2 is 1.79 bits per heavy atom. The van der Waals surface area contributed by atoms with Gasteiger partial charge in [-0.1, -0.05) is 48.2 Å². The smallest absolute Gasteiger partial charge is 0.237 e. The van der Waals surface area contributed by atoms with Crippen molar-refractivity contribution in [1.82, 2.24) is 15.2 Å². The zero-order valence-corrected chi connectivity index (χ0v) is 17.3. The summed E-state index contributed by atoms with van der Waals surface area (Å²) in [6.45, 7) is 8.09. The van der Waals surface area contributed by atoms with Gasteiger partial charge in [-0.25, -0.2) is 4.98 Å². The number of benzene rings is 2. The van der Waals surface area contributed by atoms with Gasteiger partial charge in [-0.15, -0.1) is 5.10 Å². The first kappa shape index (κ1) is 19.9. The summed E-state index contributed by atoms with van der Waals surface area (Å²) in [6.07, 6.45) is 0. The molecule has 0 saturated carbocycles. The fourth-order valence-electron chi connectivity index (χ4n) is 2.71. The molecule has 0 fully saturated rings. The maximum absolute atomic E-state index is 12.6. The fraction of sp³-hybridized carbons (Fsp3) is 0.286. The molecule has 0 aliphatic carbocycles. The lowest BCUT2D eigenvalue weighted by Gasteiger charge is -2.14. The molecule has 3 rings (SSSR count). The van der Waals surface area contributed by atoms with Crippen LogP contribution in [0, 0.1) is 20.8 Å². The highest BCUT2D eigenvalue weighted by atomic mass is 32.2. The second-order valence-corrected chi connectivity index (χ2v) is 7.94. The summed E-state index contributed by atoms with van der Waals surface area (Å²) in [7, 11) is 0. The number of para-hydroxylation sites is 2. The fourth-order valence-corrected chi connectivity index (χ4v) is 3.45. The van der Waals surface area contributed by atoms with Gasteiger partial charge in [-0.05, 0) is 50.5 Å². The number of aromatic amines is 1. The first-order valence-electron chi connectivity index (χ1n) is 9.07. The number of thioether (sulfide) groups is 1. The third-order valence-electron chi connectivity index (χ3n) is 4.35. The Labute approximate surface area is 169 Å². The van der Waals surface area contributed by atoms with Crippen molar-refractivity contribution < 1.29 is 9.53 Å². The van der Waals surface area contributed by atoms with Crippen LogP contribution in [0.5, 0.6) is 5.75 Å². The first-order valence-corrected chi connectivity index (χ1v) is 9.95. The number of amides is 1. The maximum Gasteiger partial charge on any atom is 0.237 e. The highest BCUT2D eigenvalue weighted by Gasteiger charge is 2.18. The highest BCUT2D eigenvalue weighted by molar-refractivity contribution is 8.00. The lowest BCUT2D eigenvalue weighted by Crippen LogP contribution is -2.23. The standard InChI is InChI=1S/C21H24N4O2S/c1-13-8-5-6-11-17(13)27-12-18-22-21(25-24-18)28-16(4)20(26)23-19-14(2)9-7-10-15(19)3/h5-11,16H,12H2,1-4H3,(H,23,26)(H,22,24,25)/t16-/m1/s1. The minimum absolute atomic E-state index is 0.0788. The van der Waals surface area contributed by atoms with Crippen LogP contribution in [0.25, 0.3) is 0 Å². The molecule has 2 N–H and O–H groups in total. The molecular weight excluding hydrogens is 372 g/mol. The molecule has 1 heterocycles. The topological polar surface area (TPSA) is 79.9 Å². The van der Waals surface area contributed by atoms with E-state index in [4.69, 9.17) is 4.74 Å². The summed E-state index contributed by atoms with van der Waals surface area (Å²) in [5.74, 6) is 1.35. The van der Waals surface area contributed by atoms with Crippen LogP contribution in [-0.2, 0) is 11.4 Å². The molecule has 0 bridgehead atoms. The number of aryl methyl sites for hydroxylation is 3. The number of anilines is 1. The molecule has 146 valence electrons. The molecule has 0 radical (unpaired) electrons. The van der Waals surface area contributed by atoms with Crippen LogP contribution in [0.4, 0.5) is 5.69 Å². The molecule has 0 saturated heterocycles. The molecule has 0 spiro atoms. The van der Waals surface area contributed by atoms with Crippen molar-refractivity contribution in [3.8, 4) is 5.75 Å². The number of hydrogen-bond acceptors (Lipinski definition) is 5. The van der Waals surface area contributed by atoms with Crippen LogP contribution in [0.2, 0.25) is 0 Å². The summed E-state index contributed by atoms with van der Waals surface area (Å²) in [4.78, 5) is 17.0. The van der Waals surface area contributed by atoms with E-state index in [0.29, 0.717) is 17.6 Å². The van der Waals surface area contributed by atoms with Gasteiger partial charge < -0.3 is 10.1 Å². The summed E-state index contributed by atoms with van der Waals surface area (Å²) >= 11 is 1.31. The summed E-state index contributed by atoms with van der Waals surface area (Å²) in [6, 6.07) is 13.8. The van der Waals surface area contributed by atoms with Gasteiger partial charge in [0.25, 0.3) is 0 Å². The van der Waals surface area contributed by atoms with Crippen LogP contribution in [0.15, 0.2) is 47.6 Å². The molecule has 2 aromatic carbocycles. The number of carbonyl (C=O) groups is 1. The summed E-state index contributed by atoms with van der Waals surface area (Å²) < 4.78 is 5.77. The van der Waals surface area contributed by atoms with Gasteiger partial charge in [0, 0.05) is 5.69 Å². The Kier molecular flexibility index (Phi) is 6.36. The Hall–Kier alpha value is -2.80.